The molecule has 0 saturated heterocycles. The van der Waals surface area contributed by atoms with E-state index in [0.717, 1.165) is 0 Å². The van der Waals surface area contributed by atoms with E-state index in [1.165, 1.54) is 10.9 Å². The number of fused-ring (bicyclic) bond motifs is 1. The minimum atomic E-state index is -0.301. The third-order valence-corrected chi connectivity index (χ3v) is 2.85. The summed E-state index contributed by atoms with van der Waals surface area (Å²) >= 11 is 0. The maximum atomic E-state index is 12.0. The Morgan fingerprint density at radius 1 is 1.44 bits per heavy atom. The van der Waals surface area contributed by atoms with E-state index < -0.39 is 0 Å². The molecule has 0 aliphatic rings. The highest BCUT2D eigenvalue weighted by atomic mass is 16.3. The molecule has 0 radical (unpaired) electrons. The van der Waals surface area contributed by atoms with Crippen molar-refractivity contribution in [3.63, 3.8) is 0 Å². The zero-order valence-corrected chi connectivity index (χ0v) is 9.70. The molecule has 0 saturated carbocycles. The number of aromatic nitrogens is 4. The van der Waals surface area contributed by atoms with Gasteiger partial charge in [0.25, 0.3) is 5.56 Å². The smallest absolute Gasteiger partial charge is 0.280 e. The Hall–Kier alpha value is -1.93. The Balaban J connectivity index is 2.30. The van der Waals surface area contributed by atoms with Gasteiger partial charge in [0, 0.05) is 25.7 Å². The van der Waals surface area contributed by atoms with Gasteiger partial charge in [-0.2, -0.15) is 4.98 Å². The van der Waals surface area contributed by atoms with Gasteiger partial charge < -0.3 is 20.9 Å². The molecule has 2 aromatic heterocycles. The predicted molar refractivity (Wildman–Crippen MR) is 64.8 cm³/mol. The maximum absolute atomic E-state index is 12.0. The molecule has 0 amide bonds. The molecule has 5 N–H and O–H groups in total. The Bertz CT molecular complexity index is 587. The van der Waals surface area contributed by atoms with Gasteiger partial charge in [0.1, 0.15) is 0 Å². The first kappa shape index (κ1) is 12.5. The van der Waals surface area contributed by atoms with E-state index in [2.05, 4.69) is 15.0 Å². The number of hydrogen-bond acceptors (Lipinski definition) is 6. The van der Waals surface area contributed by atoms with Gasteiger partial charge in [0.15, 0.2) is 11.2 Å². The summed E-state index contributed by atoms with van der Waals surface area (Å²) in [6.45, 7) is 0.0220. The number of nitrogens with zero attached hydrogens (tertiary/aromatic N) is 3. The van der Waals surface area contributed by atoms with Crippen molar-refractivity contribution in [3.8, 4) is 0 Å². The zero-order chi connectivity index (χ0) is 13.1. The molecule has 0 aliphatic carbocycles. The average molecular weight is 253 g/mol. The summed E-state index contributed by atoms with van der Waals surface area (Å²) in [5.41, 5.74) is 5.97. The van der Waals surface area contributed by atoms with Crippen molar-refractivity contribution in [3.05, 3.63) is 16.7 Å². The quantitative estimate of drug-likeness (QED) is 0.523. The van der Waals surface area contributed by atoms with Crippen LogP contribution in [-0.2, 0) is 6.54 Å². The summed E-state index contributed by atoms with van der Waals surface area (Å²) in [6, 6.07) is 0. The summed E-state index contributed by atoms with van der Waals surface area (Å²) in [5.74, 6) is -0.192. The van der Waals surface area contributed by atoms with E-state index in [4.69, 9.17) is 15.9 Å². The van der Waals surface area contributed by atoms with E-state index >= 15 is 0 Å². The molecule has 0 aliphatic heterocycles. The van der Waals surface area contributed by atoms with E-state index in [1.807, 2.05) is 0 Å². The lowest BCUT2D eigenvalue weighted by atomic mass is 10.1. The second-order valence-corrected chi connectivity index (χ2v) is 4.05. The van der Waals surface area contributed by atoms with Crippen LogP contribution in [0.5, 0.6) is 0 Å². The largest absolute Gasteiger partial charge is 0.396 e. The van der Waals surface area contributed by atoms with E-state index in [0.29, 0.717) is 18.5 Å². The van der Waals surface area contributed by atoms with Crippen molar-refractivity contribution in [2.75, 3.05) is 18.9 Å². The Morgan fingerprint density at radius 2 is 2.17 bits per heavy atom. The molecular weight excluding hydrogens is 238 g/mol. The highest BCUT2D eigenvalue weighted by Gasteiger charge is 2.12. The van der Waals surface area contributed by atoms with Crippen molar-refractivity contribution in [2.45, 2.75) is 13.0 Å². The highest BCUT2D eigenvalue weighted by Crippen LogP contribution is 2.08. The molecule has 0 fully saturated rings. The summed E-state index contributed by atoms with van der Waals surface area (Å²) < 4.78 is 1.30. The Morgan fingerprint density at radius 3 is 2.83 bits per heavy atom. The molecule has 18 heavy (non-hydrogen) atoms. The number of nitrogens with two attached hydrogens (primary N) is 1. The average Bonchev–Trinajstić information content (AvgIpc) is 2.82. The summed E-state index contributed by atoms with van der Waals surface area (Å²) in [4.78, 5) is 22.6. The lowest BCUT2D eigenvalue weighted by molar-refractivity contribution is 0.140. The minimum Gasteiger partial charge on any atom is -0.396 e. The Kier molecular flexibility index (Phi) is 3.58. The van der Waals surface area contributed by atoms with Crippen molar-refractivity contribution < 1.29 is 10.2 Å². The van der Waals surface area contributed by atoms with Crippen LogP contribution in [-0.4, -0.2) is 42.9 Å². The fraction of sp³-hybridized carbons (Fsp3) is 0.500. The zero-order valence-electron chi connectivity index (χ0n) is 9.70. The van der Waals surface area contributed by atoms with Crippen molar-refractivity contribution in [1.82, 2.24) is 19.5 Å². The molecule has 0 aromatic carbocycles. The molecule has 2 heterocycles. The van der Waals surface area contributed by atoms with Gasteiger partial charge in [-0.15, -0.1) is 0 Å². The number of hydrogen-bond donors (Lipinski definition) is 4. The third-order valence-electron chi connectivity index (χ3n) is 2.85. The van der Waals surface area contributed by atoms with Gasteiger partial charge in [-0.3, -0.25) is 9.36 Å². The molecule has 0 spiro atoms. The van der Waals surface area contributed by atoms with Crippen LogP contribution < -0.4 is 11.3 Å². The normalized spacial score (nSPS) is 11.5. The highest BCUT2D eigenvalue weighted by molar-refractivity contribution is 5.69. The SMILES string of the molecule is Nc1nc2nc[nH]c2c(=O)n1CCC(CO)CO. The van der Waals surface area contributed by atoms with Crippen LogP contribution in [0.15, 0.2) is 11.1 Å². The van der Waals surface area contributed by atoms with Crippen LogP contribution in [0, 0.1) is 5.92 Å². The standard InChI is InChI=1S/C10H15N5O3/c11-10-14-8-7(12-5-13-8)9(18)15(10)2-1-6(3-16)4-17/h5-6,16-17H,1-4H2,(H2,11,14)(H,12,13). The first-order chi connectivity index (χ1) is 8.67. The molecule has 8 heteroatoms. The number of aromatic amines is 1. The van der Waals surface area contributed by atoms with Crippen LogP contribution in [0.3, 0.4) is 0 Å². The van der Waals surface area contributed by atoms with E-state index in [-0.39, 0.29) is 36.3 Å². The molecule has 2 rings (SSSR count). The summed E-state index contributed by atoms with van der Waals surface area (Å²) in [6.07, 6.45) is 1.82. The number of rotatable bonds is 5. The van der Waals surface area contributed by atoms with Crippen LogP contribution in [0.25, 0.3) is 11.2 Å². The number of anilines is 1. The van der Waals surface area contributed by atoms with Crippen molar-refractivity contribution in [1.29, 1.82) is 0 Å². The van der Waals surface area contributed by atoms with Gasteiger partial charge in [0.05, 0.1) is 6.33 Å². The van der Waals surface area contributed by atoms with Gasteiger partial charge in [-0.25, -0.2) is 4.98 Å². The summed E-state index contributed by atoms with van der Waals surface area (Å²) in [5, 5.41) is 17.9. The first-order valence-corrected chi connectivity index (χ1v) is 5.58. The predicted octanol–water partition coefficient (Wildman–Crippen LogP) is -1.31. The molecule has 2 aromatic rings. The number of aliphatic hydroxyl groups excluding tert-OH is 2. The lowest BCUT2D eigenvalue weighted by Crippen LogP contribution is -2.26. The number of H-pyrrole nitrogens is 1. The van der Waals surface area contributed by atoms with Gasteiger partial charge in [-0.05, 0) is 6.42 Å². The van der Waals surface area contributed by atoms with E-state index in [1.54, 1.807) is 0 Å². The van der Waals surface area contributed by atoms with E-state index in [9.17, 15) is 4.79 Å². The number of nitrogen functional groups attached to an aromatic ring is 1. The van der Waals surface area contributed by atoms with Gasteiger partial charge >= 0.3 is 0 Å². The molecule has 0 atom stereocenters. The minimum absolute atomic E-state index is 0.0780. The van der Waals surface area contributed by atoms with Crippen molar-refractivity contribution in [2.24, 2.45) is 5.92 Å². The molecule has 0 bridgehead atoms. The van der Waals surface area contributed by atoms with Gasteiger partial charge in [-0.1, -0.05) is 0 Å². The topological polar surface area (TPSA) is 130 Å². The fourth-order valence-corrected chi connectivity index (χ4v) is 1.71. The number of nitrogens with one attached hydrogen (secondary N) is 1. The molecule has 0 unspecified atom stereocenters. The monoisotopic (exact) mass is 253 g/mol. The van der Waals surface area contributed by atoms with Crippen LogP contribution >= 0.6 is 0 Å². The second-order valence-electron chi connectivity index (χ2n) is 4.05. The van der Waals surface area contributed by atoms with Crippen LogP contribution in [0.4, 0.5) is 5.95 Å². The lowest BCUT2D eigenvalue weighted by Gasteiger charge is -2.13. The number of aliphatic hydroxyl groups is 2. The molecular formula is C10H15N5O3. The third kappa shape index (κ3) is 2.20. The van der Waals surface area contributed by atoms with Crippen LogP contribution in [0.2, 0.25) is 0 Å². The van der Waals surface area contributed by atoms with Gasteiger partial charge in [0.2, 0.25) is 5.95 Å². The Labute approximate surface area is 102 Å². The second kappa shape index (κ2) is 5.15. The van der Waals surface area contributed by atoms with Crippen molar-refractivity contribution >= 4 is 17.1 Å². The maximum Gasteiger partial charge on any atom is 0.280 e. The first-order valence-electron chi connectivity index (χ1n) is 5.58. The number of imidazole rings is 1. The fourth-order valence-electron chi connectivity index (χ4n) is 1.71. The van der Waals surface area contributed by atoms with Crippen LogP contribution in [0.1, 0.15) is 6.42 Å². The molecule has 98 valence electrons. The molecule has 8 nitrogen and oxygen atoms in total. The summed E-state index contributed by atoms with van der Waals surface area (Å²) in [7, 11) is 0.